The number of hydrogen-bond donors (Lipinski definition) is 1. The number of halogens is 1. The van der Waals surface area contributed by atoms with E-state index >= 15 is 0 Å². The highest BCUT2D eigenvalue weighted by Crippen LogP contribution is 2.43. The molecule has 0 aromatic heterocycles. The van der Waals surface area contributed by atoms with Gasteiger partial charge < -0.3 is 24.2 Å². The van der Waals surface area contributed by atoms with E-state index in [-0.39, 0.29) is 35.8 Å². The highest BCUT2D eigenvalue weighted by molar-refractivity contribution is 6.03. The molecule has 0 amide bonds. The molecule has 6 nitrogen and oxygen atoms in total. The highest BCUT2D eigenvalue weighted by Gasteiger charge is 2.41. The summed E-state index contributed by atoms with van der Waals surface area (Å²) < 4.78 is 32.1. The Hall–Kier alpha value is -2.80. The van der Waals surface area contributed by atoms with Gasteiger partial charge in [-0.15, -0.1) is 0 Å². The monoisotopic (exact) mass is 401 g/mol. The molecule has 7 heteroatoms. The van der Waals surface area contributed by atoms with Crippen LogP contribution in [0.3, 0.4) is 0 Å². The first-order valence-corrected chi connectivity index (χ1v) is 9.67. The van der Waals surface area contributed by atoms with Crippen LogP contribution in [0.25, 0.3) is 0 Å². The van der Waals surface area contributed by atoms with Crippen molar-refractivity contribution in [2.24, 2.45) is 0 Å². The number of ether oxygens (including phenoxy) is 3. The largest absolute Gasteiger partial charge is 0.504 e. The zero-order chi connectivity index (χ0) is 20.6. The average molecular weight is 401 g/mol. The van der Waals surface area contributed by atoms with Crippen LogP contribution in [0.15, 0.2) is 30.3 Å². The van der Waals surface area contributed by atoms with E-state index in [1.165, 1.54) is 6.07 Å². The minimum atomic E-state index is -0.932. The van der Waals surface area contributed by atoms with Gasteiger partial charge in [-0.2, -0.15) is 0 Å². The summed E-state index contributed by atoms with van der Waals surface area (Å²) in [6, 6.07) is 9.09. The Morgan fingerprint density at radius 1 is 1.28 bits per heavy atom. The standard InChI is InChI=1S/C22H24FNO5/c1-14-5-3-4-6-17(14)28-13-22(2)12-16(25)19-18(29-22)11-15(20(23)21(19)26)24-7-9-27-10-8-24/h3-6,11,26H,7-10,12-13H2,1-2H3. The molecule has 2 aromatic carbocycles. The number of Topliss-reactive ketones (excluding diaryl/α,β-unsaturated/α-hetero) is 1. The molecular formula is C22H24FNO5. The molecule has 1 atom stereocenters. The maximum absolute atomic E-state index is 14.8. The summed E-state index contributed by atoms with van der Waals surface area (Å²) in [5.41, 5.74) is 0.154. The van der Waals surface area contributed by atoms with Crippen LogP contribution < -0.4 is 14.4 Å². The molecule has 0 aliphatic carbocycles. The number of benzene rings is 2. The molecule has 0 saturated carbocycles. The zero-order valence-corrected chi connectivity index (χ0v) is 16.5. The quantitative estimate of drug-likeness (QED) is 0.846. The summed E-state index contributed by atoms with van der Waals surface area (Å²) >= 11 is 0. The second kappa shape index (κ2) is 7.55. The summed E-state index contributed by atoms with van der Waals surface area (Å²) in [6.45, 7) is 5.80. The Morgan fingerprint density at radius 2 is 2.00 bits per heavy atom. The lowest BCUT2D eigenvalue weighted by atomic mass is 9.91. The van der Waals surface area contributed by atoms with Gasteiger partial charge in [-0.25, -0.2) is 4.39 Å². The second-order valence-corrected chi connectivity index (χ2v) is 7.74. The molecule has 29 heavy (non-hydrogen) atoms. The Labute approximate surface area is 168 Å². The van der Waals surface area contributed by atoms with Crippen LogP contribution in [-0.4, -0.2) is 49.4 Å². The van der Waals surface area contributed by atoms with Crippen molar-refractivity contribution in [3.05, 3.63) is 47.3 Å². The average Bonchev–Trinajstić information content (AvgIpc) is 2.70. The normalized spacial score (nSPS) is 21.5. The second-order valence-electron chi connectivity index (χ2n) is 7.74. The van der Waals surface area contributed by atoms with Crippen molar-refractivity contribution in [1.29, 1.82) is 0 Å². The first kappa shape index (κ1) is 19.5. The van der Waals surface area contributed by atoms with Crippen LogP contribution in [0.5, 0.6) is 17.2 Å². The van der Waals surface area contributed by atoms with Gasteiger partial charge in [0.25, 0.3) is 0 Å². The summed E-state index contributed by atoms with van der Waals surface area (Å²) in [5.74, 6) is -0.936. The number of ketones is 1. The molecule has 1 N–H and O–H groups in total. The zero-order valence-electron chi connectivity index (χ0n) is 16.5. The van der Waals surface area contributed by atoms with Crippen LogP contribution >= 0.6 is 0 Å². The number of morpholine rings is 1. The predicted octanol–water partition coefficient (Wildman–Crippen LogP) is 3.48. The molecule has 154 valence electrons. The number of carbonyl (C=O) groups is 1. The smallest absolute Gasteiger partial charge is 0.189 e. The number of phenolic OH excluding ortho intramolecular Hbond substituents is 1. The van der Waals surface area contributed by atoms with Crippen molar-refractivity contribution >= 4 is 11.5 Å². The molecule has 1 saturated heterocycles. The van der Waals surface area contributed by atoms with E-state index in [4.69, 9.17) is 14.2 Å². The molecule has 0 radical (unpaired) electrons. The van der Waals surface area contributed by atoms with Gasteiger partial charge in [-0.3, -0.25) is 4.79 Å². The number of anilines is 1. The van der Waals surface area contributed by atoms with E-state index in [1.807, 2.05) is 31.2 Å². The van der Waals surface area contributed by atoms with Crippen molar-refractivity contribution in [3.63, 3.8) is 0 Å². The molecule has 0 spiro atoms. The summed E-state index contributed by atoms with van der Waals surface area (Å²) in [4.78, 5) is 14.5. The molecule has 2 heterocycles. The number of nitrogens with zero attached hydrogens (tertiary/aromatic N) is 1. The summed E-state index contributed by atoms with van der Waals surface area (Å²) in [5, 5.41) is 10.4. The maximum atomic E-state index is 14.8. The SMILES string of the molecule is Cc1ccccc1OCC1(C)CC(=O)c2c(cc(N3CCOCC3)c(F)c2O)O1. The minimum absolute atomic E-state index is 0.0181. The van der Waals surface area contributed by atoms with Crippen LogP contribution in [-0.2, 0) is 4.74 Å². The number of hydrogen-bond acceptors (Lipinski definition) is 6. The molecule has 2 aliphatic heterocycles. The summed E-state index contributed by atoms with van der Waals surface area (Å²) in [6.07, 6.45) is -0.0181. The Balaban J connectivity index is 1.62. The summed E-state index contributed by atoms with van der Waals surface area (Å²) in [7, 11) is 0. The van der Waals surface area contributed by atoms with Gasteiger partial charge in [0.2, 0.25) is 0 Å². The fraction of sp³-hybridized carbons (Fsp3) is 0.409. The topological polar surface area (TPSA) is 68.2 Å². The lowest BCUT2D eigenvalue weighted by Crippen LogP contribution is -2.44. The Kier molecular flexibility index (Phi) is 5.08. The molecule has 1 fully saturated rings. The fourth-order valence-corrected chi connectivity index (χ4v) is 3.75. The number of rotatable bonds is 4. The van der Waals surface area contributed by atoms with Gasteiger partial charge in [0, 0.05) is 19.2 Å². The van der Waals surface area contributed by atoms with Crippen LogP contribution in [0.1, 0.15) is 29.3 Å². The van der Waals surface area contributed by atoms with Crippen LogP contribution in [0, 0.1) is 12.7 Å². The number of carbonyl (C=O) groups excluding carboxylic acids is 1. The van der Waals surface area contributed by atoms with Crippen LogP contribution in [0.4, 0.5) is 10.1 Å². The number of aromatic hydroxyl groups is 1. The molecule has 2 aromatic rings. The minimum Gasteiger partial charge on any atom is -0.504 e. The fourth-order valence-electron chi connectivity index (χ4n) is 3.75. The van der Waals surface area contributed by atoms with Crippen LogP contribution in [0.2, 0.25) is 0 Å². The third kappa shape index (κ3) is 3.74. The van der Waals surface area contributed by atoms with Crippen molar-refractivity contribution in [1.82, 2.24) is 0 Å². The molecule has 4 rings (SSSR count). The van der Waals surface area contributed by atoms with Gasteiger partial charge >= 0.3 is 0 Å². The maximum Gasteiger partial charge on any atom is 0.189 e. The first-order valence-electron chi connectivity index (χ1n) is 9.67. The number of para-hydroxylation sites is 1. The Morgan fingerprint density at radius 3 is 2.72 bits per heavy atom. The van der Waals surface area contributed by atoms with Crippen molar-refractivity contribution < 1.29 is 28.5 Å². The van der Waals surface area contributed by atoms with Crippen molar-refractivity contribution in [3.8, 4) is 17.2 Å². The van der Waals surface area contributed by atoms with E-state index in [0.29, 0.717) is 32.1 Å². The van der Waals surface area contributed by atoms with E-state index in [0.717, 1.165) is 5.56 Å². The predicted molar refractivity (Wildman–Crippen MR) is 106 cm³/mol. The number of aryl methyl sites for hydroxylation is 1. The van der Waals surface area contributed by atoms with Gasteiger partial charge in [-0.1, -0.05) is 18.2 Å². The lowest BCUT2D eigenvalue weighted by molar-refractivity contribution is 0.0183. The third-order valence-corrected chi connectivity index (χ3v) is 5.33. The lowest BCUT2D eigenvalue weighted by Gasteiger charge is -2.36. The van der Waals surface area contributed by atoms with Crippen molar-refractivity contribution in [2.45, 2.75) is 25.9 Å². The molecule has 2 aliphatic rings. The van der Waals surface area contributed by atoms with Gasteiger partial charge in [0.1, 0.15) is 29.3 Å². The highest BCUT2D eigenvalue weighted by atomic mass is 19.1. The molecular weight excluding hydrogens is 377 g/mol. The Bertz CT molecular complexity index is 941. The molecule has 0 bridgehead atoms. The van der Waals surface area contributed by atoms with E-state index in [2.05, 4.69) is 0 Å². The third-order valence-electron chi connectivity index (χ3n) is 5.33. The van der Waals surface area contributed by atoms with E-state index < -0.39 is 17.2 Å². The van der Waals surface area contributed by atoms with E-state index in [9.17, 15) is 14.3 Å². The van der Waals surface area contributed by atoms with Gasteiger partial charge in [0.05, 0.1) is 25.3 Å². The van der Waals surface area contributed by atoms with Crippen molar-refractivity contribution in [2.75, 3.05) is 37.8 Å². The van der Waals surface area contributed by atoms with Gasteiger partial charge in [-0.05, 0) is 25.5 Å². The molecule has 1 unspecified atom stereocenters. The number of phenols is 1. The first-order chi connectivity index (χ1) is 13.9. The van der Waals surface area contributed by atoms with Gasteiger partial charge in [0.15, 0.2) is 17.3 Å². The van der Waals surface area contributed by atoms with E-state index in [1.54, 1.807) is 11.8 Å². The number of fused-ring (bicyclic) bond motifs is 1.